The first-order valence-corrected chi connectivity index (χ1v) is 10.5. The highest BCUT2D eigenvalue weighted by molar-refractivity contribution is 5.79. The summed E-state index contributed by atoms with van der Waals surface area (Å²) in [6.07, 6.45) is 1.84. The van der Waals surface area contributed by atoms with Crippen LogP contribution in [0.5, 0.6) is 5.75 Å². The maximum absolute atomic E-state index is 12.3. The van der Waals surface area contributed by atoms with Crippen LogP contribution >= 0.6 is 0 Å². The number of guanidine groups is 1. The Balaban J connectivity index is 1.82. The molecule has 1 fully saturated rings. The predicted molar refractivity (Wildman–Crippen MR) is 116 cm³/mol. The Bertz CT molecular complexity index is 685. The van der Waals surface area contributed by atoms with E-state index in [0.29, 0.717) is 25.6 Å². The molecule has 1 aromatic carbocycles. The molecule has 7 nitrogen and oxygen atoms in total. The van der Waals surface area contributed by atoms with Gasteiger partial charge in [-0.15, -0.1) is 0 Å². The third kappa shape index (κ3) is 7.83. The lowest BCUT2D eigenvalue weighted by Crippen LogP contribution is -2.47. The Morgan fingerprint density at radius 1 is 1.28 bits per heavy atom. The van der Waals surface area contributed by atoms with E-state index in [9.17, 15) is 4.79 Å². The van der Waals surface area contributed by atoms with Crippen LogP contribution in [0.2, 0.25) is 0 Å². The molecule has 1 amide bonds. The molecule has 162 valence electrons. The van der Waals surface area contributed by atoms with Crippen molar-refractivity contribution in [3.05, 3.63) is 29.8 Å². The summed E-state index contributed by atoms with van der Waals surface area (Å²) in [6.45, 7) is 11.2. The number of hydrogen-bond acceptors (Lipinski definition) is 4. The summed E-state index contributed by atoms with van der Waals surface area (Å²) in [5.74, 6) is 1.99. The van der Waals surface area contributed by atoms with Crippen LogP contribution in [0.25, 0.3) is 0 Å². The third-order valence-corrected chi connectivity index (χ3v) is 4.67. The number of amides is 1. The van der Waals surface area contributed by atoms with Crippen LogP contribution in [-0.4, -0.2) is 55.8 Å². The summed E-state index contributed by atoms with van der Waals surface area (Å²) < 4.78 is 11.2. The van der Waals surface area contributed by atoms with Crippen molar-refractivity contribution in [3.8, 4) is 5.75 Å². The number of carbonyl (C=O) groups excluding carboxylic acids is 1. The van der Waals surface area contributed by atoms with E-state index in [1.54, 1.807) is 7.05 Å². The van der Waals surface area contributed by atoms with Gasteiger partial charge in [-0.25, -0.2) is 4.79 Å². The first-order chi connectivity index (χ1) is 13.8. The van der Waals surface area contributed by atoms with Gasteiger partial charge in [-0.2, -0.15) is 0 Å². The van der Waals surface area contributed by atoms with E-state index in [1.807, 2.05) is 56.9 Å². The number of nitrogens with zero attached hydrogens (tertiary/aromatic N) is 2. The first kappa shape index (κ1) is 22.8. The molecule has 0 spiro atoms. The lowest BCUT2D eigenvalue weighted by Gasteiger charge is -2.34. The Morgan fingerprint density at radius 2 is 2.03 bits per heavy atom. The summed E-state index contributed by atoms with van der Waals surface area (Å²) in [5, 5.41) is 6.73. The van der Waals surface area contributed by atoms with Crippen LogP contribution in [0.15, 0.2) is 29.3 Å². The number of likely N-dealkylation sites (tertiary alicyclic amines) is 1. The van der Waals surface area contributed by atoms with Crippen LogP contribution in [-0.2, 0) is 11.3 Å². The number of ether oxygens (including phenoxy) is 2. The SMILES string of the molecule is CCOc1ccccc1CNC(=NC)NCC1CCCN(C(=O)OC(C)(C)C)C1. The molecule has 1 atom stereocenters. The van der Waals surface area contributed by atoms with Crippen LogP contribution in [0.3, 0.4) is 0 Å². The normalized spacial score (nSPS) is 17.6. The van der Waals surface area contributed by atoms with E-state index in [4.69, 9.17) is 9.47 Å². The molecule has 0 bridgehead atoms. The lowest BCUT2D eigenvalue weighted by molar-refractivity contribution is 0.0168. The molecule has 2 rings (SSSR count). The molecule has 29 heavy (non-hydrogen) atoms. The number of rotatable bonds is 6. The van der Waals surface area contributed by atoms with E-state index >= 15 is 0 Å². The van der Waals surface area contributed by atoms with Crippen LogP contribution < -0.4 is 15.4 Å². The van der Waals surface area contributed by atoms with Crippen molar-refractivity contribution >= 4 is 12.1 Å². The highest BCUT2D eigenvalue weighted by Gasteiger charge is 2.27. The topological polar surface area (TPSA) is 75.2 Å². The molecule has 0 aromatic heterocycles. The van der Waals surface area contributed by atoms with Gasteiger partial charge in [-0.05, 0) is 52.5 Å². The summed E-state index contributed by atoms with van der Waals surface area (Å²) in [4.78, 5) is 18.5. The number of para-hydroxylation sites is 1. The van der Waals surface area contributed by atoms with Crippen molar-refractivity contribution < 1.29 is 14.3 Å². The van der Waals surface area contributed by atoms with Gasteiger partial charge in [-0.3, -0.25) is 4.99 Å². The largest absolute Gasteiger partial charge is 0.494 e. The summed E-state index contributed by atoms with van der Waals surface area (Å²) in [7, 11) is 1.76. The van der Waals surface area contributed by atoms with Crippen molar-refractivity contribution in [1.82, 2.24) is 15.5 Å². The zero-order valence-corrected chi connectivity index (χ0v) is 18.5. The molecule has 1 aliphatic heterocycles. The maximum Gasteiger partial charge on any atom is 0.410 e. The van der Waals surface area contributed by atoms with Crippen molar-refractivity contribution in [3.63, 3.8) is 0 Å². The maximum atomic E-state index is 12.3. The summed E-state index contributed by atoms with van der Waals surface area (Å²) in [5.41, 5.74) is 0.623. The minimum absolute atomic E-state index is 0.225. The van der Waals surface area contributed by atoms with Crippen molar-refractivity contribution in [2.75, 3.05) is 33.3 Å². The third-order valence-electron chi connectivity index (χ3n) is 4.67. The van der Waals surface area contributed by atoms with Crippen molar-refractivity contribution in [1.29, 1.82) is 0 Å². The molecular weight excluding hydrogens is 368 g/mol. The number of piperidine rings is 1. The monoisotopic (exact) mass is 404 g/mol. The molecule has 1 aliphatic rings. The molecule has 1 heterocycles. The Morgan fingerprint density at radius 3 is 2.72 bits per heavy atom. The van der Waals surface area contributed by atoms with E-state index < -0.39 is 5.60 Å². The quantitative estimate of drug-likeness (QED) is 0.561. The molecular formula is C22H36N4O3. The fraction of sp³-hybridized carbons (Fsp3) is 0.636. The number of nitrogens with one attached hydrogen (secondary N) is 2. The first-order valence-electron chi connectivity index (χ1n) is 10.5. The lowest BCUT2D eigenvalue weighted by atomic mass is 9.98. The molecule has 0 aliphatic carbocycles. The molecule has 1 aromatic rings. The van der Waals surface area contributed by atoms with E-state index in [0.717, 1.165) is 43.2 Å². The number of hydrogen-bond donors (Lipinski definition) is 2. The van der Waals surface area contributed by atoms with Gasteiger partial charge in [0.1, 0.15) is 11.4 Å². The standard InChI is InChI=1S/C22H36N4O3/c1-6-28-19-12-8-7-11-18(19)15-25-20(23-5)24-14-17-10-9-13-26(16-17)21(27)29-22(2,3)4/h7-8,11-12,17H,6,9-10,13-16H2,1-5H3,(H2,23,24,25). The second-order valence-electron chi connectivity index (χ2n) is 8.28. The zero-order valence-electron chi connectivity index (χ0n) is 18.5. The second-order valence-corrected chi connectivity index (χ2v) is 8.28. The minimum atomic E-state index is -0.466. The van der Waals surface area contributed by atoms with E-state index in [2.05, 4.69) is 15.6 Å². The predicted octanol–water partition coefficient (Wildman–Crippen LogP) is 3.40. The Labute approximate surface area is 174 Å². The minimum Gasteiger partial charge on any atom is -0.494 e. The van der Waals surface area contributed by atoms with Gasteiger partial charge in [0.2, 0.25) is 0 Å². The van der Waals surface area contributed by atoms with Crippen LogP contribution in [0.4, 0.5) is 4.79 Å². The fourth-order valence-corrected chi connectivity index (χ4v) is 3.31. The number of aliphatic imine (C=N–C) groups is 1. The average Bonchev–Trinajstić information content (AvgIpc) is 2.68. The second kappa shape index (κ2) is 10.9. The zero-order chi connectivity index (χ0) is 21.3. The smallest absolute Gasteiger partial charge is 0.410 e. The molecule has 0 radical (unpaired) electrons. The number of benzene rings is 1. The van der Waals surface area contributed by atoms with Gasteiger partial charge in [0.15, 0.2) is 5.96 Å². The van der Waals surface area contributed by atoms with Crippen molar-refractivity contribution in [2.24, 2.45) is 10.9 Å². The molecule has 1 saturated heterocycles. The number of carbonyl (C=O) groups is 1. The molecule has 1 unspecified atom stereocenters. The van der Waals surface area contributed by atoms with Crippen LogP contribution in [0, 0.1) is 5.92 Å². The van der Waals surface area contributed by atoms with Gasteiger partial charge in [0.25, 0.3) is 0 Å². The van der Waals surface area contributed by atoms with Crippen LogP contribution in [0.1, 0.15) is 46.1 Å². The highest BCUT2D eigenvalue weighted by atomic mass is 16.6. The van der Waals surface area contributed by atoms with E-state index in [-0.39, 0.29) is 6.09 Å². The van der Waals surface area contributed by atoms with Crippen molar-refractivity contribution in [2.45, 2.75) is 52.7 Å². The molecule has 0 saturated carbocycles. The molecule has 2 N–H and O–H groups in total. The average molecular weight is 405 g/mol. The van der Waals surface area contributed by atoms with Gasteiger partial charge in [-0.1, -0.05) is 18.2 Å². The van der Waals surface area contributed by atoms with E-state index in [1.165, 1.54) is 0 Å². The summed E-state index contributed by atoms with van der Waals surface area (Å²) >= 11 is 0. The Kier molecular flexibility index (Phi) is 8.61. The van der Waals surface area contributed by atoms with Gasteiger partial charge >= 0.3 is 6.09 Å². The van der Waals surface area contributed by atoms with Gasteiger partial charge in [0, 0.05) is 38.8 Å². The fourth-order valence-electron chi connectivity index (χ4n) is 3.31. The Hall–Kier alpha value is -2.44. The summed E-state index contributed by atoms with van der Waals surface area (Å²) in [6, 6.07) is 8.00. The highest BCUT2D eigenvalue weighted by Crippen LogP contribution is 2.19. The van der Waals surface area contributed by atoms with Gasteiger partial charge < -0.3 is 25.0 Å². The molecule has 7 heteroatoms. The van der Waals surface area contributed by atoms with Gasteiger partial charge in [0.05, 0.1) is 6.61 Å².